The van der Waals surface area contributed by atoms with Crippen molar-refractivity contribution < 1.29 is 14.0 Å². The number of likely N-dealkylation sites (tertiary alicyclic amines) is 1. The van der Waals surface area contributed by atoms with E-state index >= 15 is 0 Å². The van der Waals surface area contributed by atoms with E-state index in [1.54, 1.807) is 17.0 Å². The van der Waals surface area contributed by atoms with Gasteiger partial charge in [0.2, 0.25) is 5.91 Å². The Labute approximate surface area is 161 Å². The molecule has 3 aromatic rings. The van der Waals surface area contributed by atoms with Gasteiger partial charge in [-0.1, -0.05) is 41.9 Å². The lowest BCUT2D eigenvalue weighted by Gasteiger charge is -2.30. The topological polar surface area (TPSA) is 62.6 Å². The lowest BCUT2D eigenvalue weighted by atomic mass is 9.95. The number of nitrogens with one attached hydrogen (secondary N) is 1. The van der Waals surface area contributed by atoms with Crippen molar-refractivity contribution in [3.05, 3.63) is 65.4 Å². The minimum Gasteiger partial charge on any atom is -0.449 e. The Kier molecular flexibility index (Phi) is 4.86. The van der Waals surface area contributed by atoms with Gasteiger partial charge >= 0.3 is 0 Å². The first kappa shape index (κ1) is 17.6. The molecule has 0 radical (unpaired) electrons. The molecule has 4 rings (SSSR count). The second-order valence-corrected chi connectivity index (χ2v) is 7.10. The fraction of sp³-hybridized carbons (Fsp3) is 0.238. The molecule has 0 saturated carbocycles. The second kappa shape index (κ2) is 7.45. The van der Waals surface area contributed by atoms with Gasteiger partial charge in [0.05, 0.1) is 5.02 Å². The Hall–Kier alpha value is -2.79. The molecule has 0 bridgehead atoms. The first-order valence-electron chi connectivity index (χ1n) is 8.95. The van der Waals surface area contributed by atoms with Gasteiger partial charge in [0.1, 0.15) is 0 Å². The van der Waals surface area contributed by atoms with Gasteiger partial charge in [-0.3, -0.25) is 9.59 Å². The van der Waals surface area contributed by atoms with Gasteiger partial charge in [-0.05, 0) is 37.1 Å². The molecule has 1 aromatic heterocycles. The Morgan fingerprint density at radius 1 is 1.04 bits per heavy atom. The number of para-hydroxylation sites is 2. The fourth-order valence-electron chi connectivity index (χ4n) is 3.40. The molecule has 1 aliphatic rings. The number of carbonyl (C=O) groups is 2. The first-order chi connectivity index (χ1) is 13.1. The molecular weight excluding hydrogens is 364 g/mol. The summed E-state index contributed by atoms with van der Waals surface area (Å²) >= 11 is 6.12. The summed E-state index contributed by atoms with van der Waals surface area (Å²) in [6, 6.07) is 16.5. The third kappa shape index (κ3) is 3.69. The Balaban J connectivity index is 1.39. The molecule has 0 unspecified atom stereocenters. The van der Waals surface area contributed by atoms with Crippen molar-refractivity contribution in [1.29, 1.82) is 0 Å². The fourth-order valence-corrected chi connectivity index (χ4v) is 3.62. The minimum atomic E-state index is -0.163. The highest BCUT2D eigenvalue weighted by atomic mass is 35.5. The van der Waals surface area contributed by atoms with Crippen LogP contribution in [0.5, 0.6) is 0 Å². The average Bonchev–Trinajstić information content (AvgIpc) is 3.14. The molecule has 5 nitrogen and oxygen atoms in total. The van der Waals surface area contributed by atoms with Crippen LogP contribution in [0.4, 0.5) is 5.69 Å². The minimum absolute atomic E-state index is 0.00354. The molecule has 1 N–H and O–H groups in total. The normalized spacial score (nSPS) is 15.1. The summed E-state index contributed by atoms with van der Waals surface area (Å²) in [7, 11) is 0. The predicted octanol–water partition coefficient (Wildman–Crippen LogP) is 4.58. The third-order valence-electron chi connectivity index (χ3n) is 4.90. The summed E-state index contributed by atoms with van der Waals surface area (Å²) in [5.74, 6) is 0.0256. The van der Waals surface area contributed by atoms with Crippen molar-refractivity contribution in [3.63, 3.8) is 0 Å². The van der Waals surface area contributed by atoms with E-state index < -0.39 is 0 Å². The highest BCUT2D eigenvalue weighted by Crippen LogP contribution is 2.28. The maximum absolute atomic E-state index is 12.7. The molecule has 2 heterocycles. The standard InChI is InChI=1S/C21H19ClN2O3/c22-17-8-4-5-15-13-18(27-19(15)17)21(26)24-11-9-14(10-12-24)20(25)23-16-6-2-1-3-7-16/h1-8,13-14H,9-12H2,(H,23,25). The Bertz CT molecular complexity index is 976. The summed E-state index contributed by atoms with van der Waals surface area (Å²) in [4.78, 5) is 26.9. The zero-order valence-electron chi connectivity index (χ0n) is 14.7. The number of halogens is 1. The van der Waals surface area contributed by atoms with Crippen LogP contribution in [0.2, 0.25) is 5.02 Å². The van der Waals surface area contributed by atoms with Crippen molar-refractivity contribution in [2.24, 2.45) is 5.92 Å². The number of benzene rings is 2. The van der Waals surface area contributed by atoms with Crippen LogP contribution >= 0.6 is 11.6 Å². The van der Waals surface area contributed by atoms with Gasteiger partial charge in [0.25, 0.3) is 5.91 Å². The van der Waals surface area contributed by atoms with E-state index in [2.05, 4.69) is 5.32 Å². The molecule has 0 aliphatic carbocycles. The van der Waals surface area contributed by atoms with Crippen molar-refractivity contribution in [3.8, 4) is 0 Å². The highest BCUT2D eigenvalue weighted by Gasteiger charge is 2.29. The quantitative estimate of drug-likeness (QED) is 0.721. The summed E-state index contributed by atoms with van der Waals surface area (Å²) in [6.45, 7) is 1.05. The van der Waals surface area contributed by atoms with Crippen molar-refractivity contribution in [2.45, 2.75) is 12.8 Å². The Morgan fingerprint density at radius 2 is 1.78 bits per heavy atom. The first-order valence-corrected chi connectivity index (χ1v) is 9.33. The van der Waals surface area contributed by atoms with Crippen LogP contribution in [0.1, 0.15) is 23.4 Å². The molecule has 0 atom stereocenters. The third-order valence-corrected chi connectivity index (χ3v) is 5.20. The van der Waals surface area contributed by atoms with Crippen LogP contribution in [-0.2, 0) is 4.79 Å². The Morgan fingerprint density at radius 3 is 2.48 bits per heavy atom. The molecule has 27 heavy (non-hydrogen) atoms. The number of nitrogens with zero attached hydrogens (tertiary/aromatic N) is 1. The molecule has 138 valence electrons. The second-order valence-electron chi connectivity index (χ2n) is 6.69. The maximum Gasteiger partial charge on any atom is 0.289 e. The van der Waals surface area contributed by atoms with Crippen LogP contribution in [0, 0.1) is 5.92 Å². The molecule has 1 aliphatic heterocycles. The van der Waals surface area contributed by atoms with E-state index in [-0.39, 0.29) is 23.5 Å². The number of carbonyl (C=O) groups excluding carboxylic acids is 2. The summed E-state index contributed by atoms with van der Waals surface area (Å²) in [5.41, 5.74) is 1.32. The van der Waals surface area contributed by atoms with Gasteiger partial charge in [-0.15, -0.1) is 0 Å². The van der Waals surface area contributed by atoms with Gasteiger partial charge in [0, 0.05) is 30.1 Å². The molecule has 2 amide bonds. The molecule has 1 saturated heterocycles. The van der Waals surface area contributed by atoms with Gasteiger partial charge in [0.15, 0.2) is 11.3 Å². The highest BCUT2D eigenvalue weighted by molar-refractivity contribution is 6.34. The van der Waals surface area contributed by atoms with Crippen LogP contribution in [0.15, 0.2) is 59.0 Å². The molecule has 6 heteroatoms. The van der Waals surface area contributed by atoms with E-state index in [0.717, 1.165) is 11.1 Å². The number of piperidine rings is 1. The zero-order chi connectivity index (χ0) is 18.8. The zero-order valence-corrected chi connectivity index (χ0v) is 15.4. The number of furan rings is 1. The van der Waals surface area contributed by atoms with E-state index in [4.69, 9.17) is 16.0 Å². The van der Waals surface area contributed by atoms with Crippen LogP contribution in [-0.4, -0.2) is 29.8 Å². The number of rotatable bonds is 3. The lowest BCUT2D eigenvalue weighted by molar-refractivity contribution is -0.121. The van der Waals surface area contributed by atoms with Crippen LogP contribution in [0.25, 0.3) is 11.0 Å². The predicted molar refractivity (Wildman–Crippen MR) is 105 cm³/mol. The van der Waals surface area contributed by atoms with Crippen molar-refractivity contribution in [2.75, 3.05) is 18.4 Å². The monoisotopic (exact) mass is 382 g/mol. The van der Waals surface area contributed by atoms with E-state index in [1.807, 2.05) is 42.5 Å². The maximum atomic E-state index is 12.7. The van der Waals surface area contributed by atoms with Crippen LogP contribution in [0.3, 0.4) is 0 Å². The molecular formula is C21H19ClN2O3. The molecule has 1 fully saturated rings. The smallest absolute Gasteiger partial charge is 0.289 e. The van der Waals surface area contributed by atoms with Crippen LogP contribution < -0.4 is 5.32 Å². The summed E-state index contributed by atoms with van der Waals surface area (Å²) in [6.07, 6.45) is 1.26. The van der Waals surface area contributed by atoms with Crippen molar-refractivity contribution >= 4 is 40.1 Å². The number of anilines is 1. The summed E-state index contributed by atoms with van der Waals surface area (Å²) < 4.78 is 5.66. The SMILES string of the molecule is O=C(Nc1ccccc1)C1CCN(C(=O)c2cc3cccc(Cl)c3o2)CC1. The van der Waals surface area contributed by atoms with E-state index in [0.29, 0.717) is 36.5 Å². The number of hydrogen-bond donors (Lipinski definition) is 1. The lowest BCUT2D eigenvalue weighted by Crippen LogP contribution is -2.41. The number of fused-ring (bicyclic) bond motifs is 1. The molecule has 2 aromatic carbocycles. The number of hydrogen-bond acceptors (Lipinski definition) is 3. The molecule has 0 spiro atoms. The van der Waals surface area contributed by atoms with E-state index in [1.165, 1.54) is 0 Å². The van der Waals surface area contributed by atoms with Gasteiger partial charge in [-0.25, -0.2) is 0 Å². The largest absolute Gasteiger partial charge is 0.449 e. The van der Waals surface area contributed by atoms with E-state index in [9.17, 15) is 9.59 Å². The summed E-state index contributed by atoms with van der Waals surface area (Å²) in [5, 5.41) is 4.23. The number of amides is 2. The van der Waals surface area contributed by atoms with Crippen molar-refractivity contribution in [1.82, 2.24) is 4.90 Å². The average molecular weight is 383 g/mol. The van der Waals surface area contributed by atoms with Gasteiger partial charge < -0.3 is 14.6 Å². The van der Waals surface area contributed by atoms with Gasteiger partial charge in [-0.2, -0.15) is 0 Å².